The van der Waals surface area contributed by atoms with Crippen LogP contribution in [-0.2, 0) is 0 Å². The minimum Gasteiger partial charge on any atom is -0.362 e. The van der Waals surface area contributed by atoms with Gasteiger partial charge in [0.25, 0.3) is 0 Å². The first kappa shape index (κ1) is 34.0. The van der Waals surface area contributed by atoms with E-state index in [1.807, 2.05) is 0 Å². The van der Waals surface area contributed by atoms with Crippen LogP contribution in [0.4, 0.5) is 22.7 Å². The quantitative estimate of drug-likeness (QED) is 0.174. The molecule has 0 N–H and O–H groups in total. The third-order valence-corrected chi connectivity index (χ3v) is 12.3. The maximum atomic E-state index is 2.63. The summed E-state index contributed by atoms with van der Waals surface area (Å²) in [7, 11) is 4.53. The van der Waals surface area contributed by atoms with E-state index < -0.39 is 0 Å². The second-order valence-electron chi connectivity index (χ2n) is 15.5. The number of benzene rings is 8. The first-order valence-electron chi connectivity index (χ1n) is 20.1. The lowest BCUT2D eigenvalue weighted by Gasteiger charge is -2.52. The standard InChI is InChI=1S/C54H42N4/c1-55-49-32-18-19-33-50(49)56(2)54(52(55)39-24-10-5-11-25-39)58-47-30-16-13-27-44(47)51-43-26-12-15-29-46(43)57(53(51)45-28-14-17-31-48(45)58)42-35-40(37-20-6-3-7-21-37)34-41(36-42)38-22-8-4-9-23-38/h3-36,52,54H,1-2H3. The fourth-order valence-corrected chi connectivity index (χ4v) is 9.69. The van der Waals surface area contributed by atoms with Gasteiger partial charge in [0.15, 0.2) is 0 Å². The van der Waals surface area contributed by atoms with Crippen LogP contribution in [0.25, 0.3) is 61.2 Å². The summed E-state index contributed by atoms with van der Waals surface area (Å²) in [6.07, 6.45) is -0.0978. The first-order valence-corrected chi connectivity index (χ1v) is 20.1. The number of nitrogens with zero attached hydrogens (tertiary/aromatic N) is 4. The van der Waals surface area contributed by atoms with Crippen LogP contribution in [0.3, 0.4) is 0 Å². The Morgan fingerprint density at radius 1 is 0.397 bits per heavy atom. The molecule has 3 heterocycles. The van der Waals surface area contributed by atoms with Crippen LogP contribution < -0.4 is 14.7 Å². The van der Waals surface area contributed by atoms with Gasteiger partial charge in [0.2, 0.25) is 0 Å². The molecule has 278 valence electrons. The van der Waals surface area contributed by atoms with Crippen molar-refractivity contribution in [1.29, 1.82) is 0 Å². The molecule has 0 saturated heterocycles. The predicted molar refractivity (Wildman–Crippen MR) is 243 cm³/mol. The fourth-order valence-electron chi connectivity index (χ4n) is 9.69. The molecule has 0 aliphatic carbocycles. The SMILES string of the molecule is CN1c2ccccc2N(C)C(N2c3ccccc3-c3c(n(-c4cc(-c5ccccc5)cc(-c5ccccc5)c4)c4ccccc34)-c3ccccc32)C1c1ccccc1. The maximum absolute atomic E-state index is 2.63. The zero-order chi connectivity index (χ0) is 38.7. The molecule has 11 rings (SSSR count). The van der Waals surface area contributed by atoms with Crippen LogP contribution in [0.1, 0.15) is 11.6 Å². The molecule has 8 aromatic carbocycles. The highest BCUT2D eigenvalue weighted by Gasteiger charge is 2.44. The Balaban J connectivity index is 1.23. The van der Waals surface area contributed by atoms with Crippen molar-refractivity contribution in [2.24, 2.45) is 0 Å². The maximum Gasteiger partial charge on any atom is 0.131 e. The van der Waals surface area contributed by atoms with Crippen LogP contribution in [0.5, 0.6) is 0 Å². The number of fused-ring (bicyclic) bond motifs is 8. The van der Waals surface area contributed by atoms with Crippen LogP contribution in [0.15, 0.2) is 206 Å². The lowest BCUT2D eigenvalue weighted by molar-refractivity contribution is 0.490. The summed E-state index contributed by atoms with van der Waals surface area (Å²) in [6, 6.07) is 75.6. The topological polar surface area (TPSA) is 14.7 Å². The summed E-state index contributed by atoms with van der Waals surface area (Å²) in [4.78, 5) is 7.61. The van der Waals surface area contributed by atoms with Gasteiger partial charge in [0.05, 0.1) is 40.0 Å². The molecular formula is C54H42N4. The van der Waals surface area contributed by atoms with E-state index >= 15 is 0 Å². The Labute approximate surface area is 340 Å². The third-order valence-electron chi connectivity index (χ3n) is 12.3. The summed E-state index contributed by atoms with van der Waals surface area (Å²) in [5, 5.41) is 1.23. The van der Waals surface area contributed by atoms with Crippen molar-refractivity contribution >= 4 is 33.7 Å². The molecule has 1 aromatic heterocycles. The monoisotopic (exact) mass is 746 g/mol. The van der Waals surface area contributed by atoms with Gasteiger partial charge in [0.1, 0.15) is 6.17 Å². The highest BCUT2D eigenvalue weighted by Crippen LogP contribution is 2.56. The lowest BCUT2D eigenvalue weighted by atomic mass is 9.94. The molecule has 58 heavy (non-hydrogen) atoms. The number of aromatic nitrogens is 1. The van der Waals surface area contributed by atoms with E-state index in [1.54, 1.807) is 0 Å². The zero-order valence-electron chi connectivity index (χ0n) is 32.6. The molecule has 0 radical (unpaired) electrons. The Hall–Kier alpha value is -7.30. The Morgan fingerprint density at radius 3 is 1.52 bits per heavy atom. The summed E-state index contributed by atoms with van der Waals surface area (Å²) >= 11 is 0. The molecule has 0 saturated carbocycles. The van der Waals surface area contributed by atoms with Gasteiger partial charge >= 0.3 is 0 Å². The highest BCUT2D eigenvalue weighted by molar-refractivity contribution is 6.12. The highest BCUT2D eigenvalue weighted by atomic mass is 15.4. The van der Waals surface area contributed by atoms with Crippen LogP contribution >= 0.6 is 0 Å². The minimum absolute atomic E-state index is 0.00882. The lowest BCUT2D eigenvalue weighted by Crippen LogP contribution is -2.56. The molecule has 9 aromatic rings. The van der Waals surface area contributed by atoms with Gasteiger partial charge in [-0.15, -0.1) is 0 Å². The number of para-hydroxylation sites is 5. The number of likely N-dealkylation sites (N-methyl/N-ethyl adjacent to an activating group) is 2. The summed E-state index contributed by atoms with van der Waals surface area (Å²) < 4.78 is 2.53. The van der Waals surface area contributed by atoms with Crippen molar-refractivity contribution in [2.75, 3.05) is 28.8 Å². The zero-order valence-corrected chi connectivity index (χ0v) is 32.6. The molecule has 0 spiro atoms. The molecule has 2 atom stereocenters. The summed E-state index contributed by atoms with van der Waals surface area (Å²) in [5.74, 6) is 0. The minimum atomic E-state index is -0.0978. The molecule has 2 aliphatic rings. The predicted octanol–water partition coefficient (Wildman–Crippen LogP) is 13.4. The van der Waals surface area contributed by atoms with E-state index in [9.17, 15) is 0 Å². The molecule has 4 nitrogen and oxygen atoms in total. The average molecular weight is 747 g/mol. The van der Waals surface area contributed by atoms with Crippen molar-refractivity contribution in [3.63, 3.8) is 0 Å². The van der Waals surface area contributed by atoms with Gasteiger partial charge in [-0.1, -0.05) is 158 Å². The number of anilines is 4. The van der Waals surface area contributed by atoms with Gasteiger partial charge in [-0.25, -0.2) is 0 Å². The van der Waals surface area contributed by atoms with Crippen LogP contribution in [0.2, 0.25) is 0 Å². The van der Waals surface area contributed by atoms with Crippen molar-refractivity contribution in [3.05, 3.63) is 212 Å². The third kappa shape index (κ3) is 5.29. The smallest absolute Gasteiger partial charge is 0.131 e. The summed E-state index contributed by atoms with van der Waals surface area (Å²) in [6.45, 7) is 0. The second-order valence-corrected chi connectivity index (χ2v) is 15.5. The Bertz CT molecular complexity index is 2890. The van der Waals surface area contributed by atoms with E-state index in [1.165, 1.54) is 83.9 Å². The van der Waals surface area contributed by atoms with Crippen molar-refractivity contribution in [1.82, 2.24) is 4.57 Å². The van der Waals surface area contributed by atoms with Gasteiger partial charge in [0, 0.05) is 41.9 Å². The molecule has 2 unspecified atom stereocenters. The van der Waals surface area contributed by atoms with Crippen molar-refractivity contribution < 1.29 is 0 Å². The van der Waals surface area contributed by atoms with E-state index in [4.69, 9.17) is 0 Å². The van der Waals surface area contributed by atoms with Gasteiger partial charge < -0.3 is 19.3 Å². The van der Waals surface area contributed by atoms with E-state index in [-0.39, 0.29) is 12.2 Å². The van der Waals surface area contributed by atoms with Crippen LogP contribution in [0, 0.1) is 0 Å². The molecule has 0 bridgehead atoms. The molecule has 0 fully saturated rings. The molecule has 2 aliphatic heterocycles. The second kappa shape index (κ2) is 13.7. The van der Waals surface area contributed by atoms with E-state index in [0.29, 0.717) is 0 Å². The molecule has 0 amide bonds. The Kier molecular flexibility index (Phi) is 8.04. The van der Waals surface area contributed by atoms with Crippen molar-refractivity contribution in [2.45, 2.75) is 12.2 Å². The van der Waals surface area contributed by atoms with Gasteiger partial charge in [-0.2, -0.15) is 0 Å². The van der Waals surface area contributed by atoms with E-state index in [0.717, 1.165) is 5.69 Å². The van der Waals surface area contributed by atoms with E-state index in [2.05, 4.69) is 240 Å². The van der Waals surface area contributed by atoms with Crippen molar-refractivity contribution in [3.8, 4) is 50.3 Å². The van der Waals surface area contributed by atoms with Gasteiger partial charge in [-0.3, -0.25) is 0 Å². The number of hydrogen-bond donors (Lipinski definition) is 0. The average Bonchev–Trinajstić information content (AvgIpc) is 3.58. The largest absolute Gasteiger partial charge is 0.362 e. The normalized spacial score (nSPS) is 15.7. The Morgan fingerprint density at radius 2 is 0.879 bits per heavy atom. The number of hydrogen-bond acceptors (Lipinski definition) is 3. The summed E-state index contributed by atoms with van der Waals surface area (Å²) in [5.41, 5.74) is 18.0. The van der Waals surface area contributed by atoms with Gasteiger partial charge in [-0.05, 0) is 76.3 Å². The van der Waals surface area contributed by atoms with Crippen LogP contribution in [-0.4, -0.2) is 24.8 Å². The first-order chi connectivity index (χ1) is 28.7. The molecular weight excluding hydrogens is 705 g/mol. The molecule has 4 heteroatoms. The fraction of sp³-hybridized carbons (Fsp3) is 0.0741. The number of rotatable bonds is 5.